The lowest BCUT2D eigenvalue weighted by atomic mass is 9.93. The van der Waals surface area contributed by atoms with Crippen molar-refractivity contribution in [1.29, 1.82) is 0 Å². The fraction of sp³-hybridized carbons (Fsp3) is 0.304. The number of aliphatic imine (C=N–C) groups is 1. The van der Waals surface area contributed by atoms with Crippen LogP contribution in [0.4, 0.5) is 0 Å². The normalized spacial score (nSPS) is 21.0. The molecule has 2 aliphatic heterocycles. The number of fused-ring (bicyclic) bond motifs is 1. The van der Waals surface area contributed by atoms with Gasteiger partial charge in [0.05, 0.1) is 40.6 Å². The number of sulfone groups is 1. The summed E-state index contributed by atoms with van der Waals surface area (Å²) in [6, 6.07) is 17.4. The zero-order valence-corrected chi connectivity index (χ0v) is 19.0. The van der Waals surface area contributed by atoms with Crippen LogP contribution in [-0.4, -0.2) is 48.6 Å². The minimum Gasteiger partial charge on any atom is -0.463 e. The highest BCUT2D eigenvalue weighted by Crippen LogP contribution is 2.43. The third-order valence-electron chi connectivity index (χ3n) is 5.35. The molecule has 8 heteroatoms. The van der Waals surface area contributed by atoms with E-state index in [0.29, 0.717) is 21.9 Å². The number of carbonyl (C=O) groups is 1. The van der Waals surface area contributed by atoms with Gasteiger partial charge in [0.15, 0.2) is 15.0 Å². The van der Waals surface area contributed by atoms with Crippen LogP contribution in [0.15, 0.2) is 81.8 Å². The first-order valence-corrected chi connectivity index (χ1v) is 12.8. The lowest BCUT2D eigenvalue weighted by Crippen LogP contribution is -2.45. The molecule has 2 atom stereocenters. The Morgan fingerprint density at radius 1 is 1.13 bits per heavy atom. The quantitative estimate of drug-likeness (QED) is 0.615. The smallest absolute Gasteiger partial charge is 0.338 e. The first-order valence-electron chi connectivity index (χ1n) is 10.1. The van der Waals surface area contributed by atoms with Crippen molar-refractivity contribution in [3.8, 4) is 0 Å². The molecule has 2 unspecified atom stereocenters. The van der Waals surface area contributed by atoms with Crippen LogP contribution in [0, 0.1) is 0 Å². The van der Waals surface area contributed by atoms with E-state index in [0.717, 1.165) is 10.7 Å². The Morgan fingerprint density at radius 2 is 1.77 bits per heavy atom. The Morgan fingerprint density at radius 3 is 2.42 bits per heavy atom. The van der Waals surface area contributed by atoms with E-state index in [1.54, 1.807) is 44.2 Å². The molecule has 0 aromatic heterocycles. The van der Waals surface area contributed by atoms with E-state index in [1.807, 2.05) is 35.2 Å². The SMILES string of the molecule is CCOC(=O)C1=C(C)N=C2SCC(CS(=O)(=O)c3ccccc3)N2C1c1ccccc1. The van der Waals surface area contributed by atoms with Crippen LogP contribution in [-0.2, 0) is 19.4 Å². The molecule has 0 amide bonds. The van der Waals surface area contributed by atoms with Gasteiger partial charge in [0.25, 0.3) is 0 Å². The number of ether oxygens (including phenoxy) is 1. The molecule has 0 aliphatic carbocycles. The van der Waals surface area contributed by atoms with Crippen molar-refractivity contribution in [1.82, 2.24) is 4.90 Å². The topological polar surface area (TPSA) is 76.0 Å². The van der Waals surface area contributed by atoms with Crippen molar-refractivity contribution in [2.45, 2.75) is 30.8 Å². The van der Waals surface area contributed by atoms with Gasteiger partial charge in [-0.05, 0) is 31.5 Å². The highest BCUT2D eigenvalue weighted by Gasteiger charge is 2.45. The van der Waals surface area contributed by atoms with Gasteiger partial charge in [-0.1, -0.05) is 60.3 Å². The van der Waals surface area contributed by atoms with Gasteiger partial charge in [-0.2, -0.15) is 0 Å². The highest BCUT2D eigenvalue weighted by atomic mass is 32.2. The number of rotatable bonds is 6. The van der Waals surface area contributed by atoms with Crippen LogP contribution < -0.4 is 0 Å². The number of allylic oxidation sites excluding steroid dienone is 1. The van der Waals surface area contributed by atoms with E-state index in [-0.39, 0.29) is 18.4 Å². The second-order valence-electron chi connectivity index (χ2n) is 7.39. The summed E-state index contributed by atoms with van der Waals surface area (Å²) in [6.45, 7) is 3.83. The molecule has 162 valence electrons. The summed E-state index contributed by atoms with van der Waals surface area (Å²) in [7, 11) is -3.50. The molecule has 2 aromatic carbocycles. The lowest BCUT2D eigenvalue weighted by molar-refractivity contribution is -0.139. The highest BCUT2D eigenvalue weighted by molar-refractivity contribution is 8.14. The van der Waals surface area contributed by atoms with E-state index in [4.69, 9.17) is 4.74 Å². The largest absolute Gasteiger partial charge is 0.463 e. The van der Waals surface area contributed by atoms with Crippen LogP contribution in [0.2, 0.25) is 0 Å². The Hall–Kier alpha value is -2.58. The van der Waals surface area contributed by atoms with Crippen LogP contribution in [0.1, 0.15) is 25.5 Å². The molecule has 2 heterocycles. The third-order valence-corrected chi connectivity index (χ3v) is 8.27. The minimum atomic E-state index is -3.50. The maximum absolute atomic E-state index is 13.1. The molecular formula is C23H24N2O4S2. The average molecular weight is 457 g/mol. The second-order valence-corrected chi connectivity index (χ2v) is 10.4. The zero-order chi connectivity index (χ0) is 22.0. The number of carbonyl (C=O) groups excluding carboxylic acids is 1. The summed E-state index contributed by atoms with van der Waals surface area (Å²) in [5, 5.41) is 0.743. The van der Waals surface area contributed by atoms with Gasteiger partial charge in [0, 0.05) is 5.75 Å². The fourth-order valence-electron chi connectivity index (χ4n) is 3.97. The Bertz CT molecular complexity index is 1130. The minimum absolute atomic E-state index is 0.0540. The fourth-order valence-corrected chi connectivity index (χ4v) is 6.89. The molecule has 2 aliphatic rings. The molecule has 31 heavy (non-hydrogen) atoms. The summed E-state index contributed by atoms with van der Waals surface area (Å²) >= 11 is 1.52. The van der Waals surface area contributed by atoms with E-state index >= 15 is 0 Å². The summed E-state index contributed by atoms with van der Waals surface area (Å²) in [6.07, 6.45) is 0. The van der Waals surface area contributed by atoms with E-state index in [1.165, 1.54) is 11.8 Å². The molecule has 4 rings (SSSR count). The zero-order valence-electron chi connectivity index (χ0n) is 17.4. The van der Waals surface area contributed by atoms with Crippen molar-refractivity contribution in [3.05, 3.63) is 77.5 Å². The van der Waals surface area contributed by atoms with Gasteiger partial charge >= 0.3 is 5.97 Å². The number of amidine groups is 1. The second kappa shape index (κ2) is 8.88. The number of hydrogen-bond acceptors (Lipinski definition) is 7. The Balaban J connectivity index is 1.75. The summed E-state index contributed by atoms with van der Waals surface area (Å²) in [5.41, 5.74) is 1.97. The number of nitrogens with zero attached hydrogens (tertiary/aromatic N) is 2. The Kier molecular flexibility index (Phi) is 6.20. The van der Waals surface area contributed by atoms with Gasteiger partial charge < -0.3 is 9.64 Å². The van der Waals surface area contributed by atoms with Crippen molar-refractivity contribution in [2.75, 3.05) is 18.1 Å². The summed E-state index contributed by atoms with van der Waals surface area (Å²) < 4.78 is 31.6. The van der Waals surface area contributed by atoms with E-state index < -0.39 is 21.8 Å². The molecule has 0 bridgehead atoms. The first-order chi connectivity index (χ1) is 14.9. The van der Waals surface area contributed by atoms with Crippen molar-refractivity contribution < 1.29 is 17.9 Å². The molecule has 6 nitrogen and oxygen atoms in total. The van der Waals surface area contributed by atoms with E-state index in [9.17, 15) is 13.2 Å². The maximum atomic E-state index is 13.1. The standard InChI is InChI=1S/C23H24N2O4S2/c1-3-29-22(26)20-16(2)24-23-25(21(20)17-10-6-4-7-11-17)18(14-30-23)15-31(27,28)19-12-8-5-9-13-19/h4-13,18,21H,3,14-15H2,1-2H3. The summed E-state index contributed by atoms with van der Waals surface area (Å²) in [4.78, 5) is 19.8. The molecular weight excluding hydrogens is 432 g/mol. The van der Waals surface area contributed by atoms with Crippen molar-refractivity contribution in [2.24, 2.45) is 4.99 Å². The molecule has 0 saturated carbocycles. The van der Waals surface area contributed by atoms with Gasteiger partial charge in [-0.25, -0.2) is 18.2 Å². The predicted octanol–water partition coefficient (Wildman–Crippen LogP) is 3.83. The van der Waals surface area contributed by atoms with Crippen LogP contribution in [0.3, 0.4) is 0 Å². The van der Waals surface area contributed by atoms with E-state index in [2.05, 4.69) is 4.99 Å². The number of benzene rings is 2. The molecule has 0 spiro atoms. The predicted molar refractivity (Wildman–Crippen MR) is 123 cm³/mol. The molecule has 0 radical (unpaired) electrons. The van der Waals surface area contributed by atoms with Gasteiger partial charge in [-0.15, -0.1) is 0 Å². The van der Waals surface area contributed by atoms with Crippen molar-refractivity contribution >= 4 is 32.7 Å². The van der Waals surface area contributed by atoms with Gasteiger partial charge in [0.2, 0.25) is 0 Å². The van der Waals surface area contributed by atoms with Crippen LogP contribution >= 0.6 is 11.8 Å². The number of esters is 1. The maximum Gasteiger partial charge on any atom is 0.338 e. The van der Waals surface area contributed by atoms with Gasteiger partial charge in [0.1, 0.15) is 0 Å². The Labute approximate surface area is 186 Å². The molecule has 2 aromatic rings. The summed E-state index contributed by atoms with van der Waals surface area (Å²) in [5.74, 6) is 0.109. The van der Waals surface area contributed by atoms with Crippen molar-refractivity contribution in [3.63, 3.8) is 0 Å². The third kappa shape index (κ3) is 4.27. The lowest BCUT2D eigenvalue weighted by Gasteiger charge is -2.38. The molecule has 1 fully saturated rings. The molecule has 1 saturated heterocycles. The molecule has 0 N–H and O–H groups in total. The van der Waals surface area contributed by atoms with Crippen LogP contribution in [0.25, 0.3) is 0 Å². The van der Waals surface area contributed by atoms with Gasteiger partial charge in [-0.3, -0.25) is 0 Å². The number of thioether (sulfide) groups is 1. The number of hydrogen-bond donors (Lipinski definition) is 0. The monoisotopic (exact) mass is 456 g/mol. The van der Waals surface area contributed by atoms with Crippen LogP contribution in [0.5, 0.6) is 0 Å². The first kappa shape index (κ1) is 21.6. The average Bonchev–Trinajstić information content (AvgIpc) is 3.15.